The molecule has 1 atom stereocenters. The first kappa shape index (κ1) is 24.9. The van der Waals surface area contributed by atoms with Crippen molar-refractivity contribution in [2.45, 2.75) is 50.2 Å². The number of Topliss-reactive ketones (excluding diaryl/α,β-unsaturated/α-hetero) is 1. The number of ketones is 1. The van der Waals surface area contributed by atoms with Gasteiger partial charge in [-0.15, -0.1) is 0 Å². The molecule has 1 unspecified atom stereocenters. The van der Waals surface area contributed by atoms with Crippen molar-refractivity contribution in [1.82, 2.24) is 4.72 Å². The molecule has 11 heteroatoms. The summed E-state index contributed by atoms with van der Waals surface area (Å²) < 4.78 is 72.6. The number of benzene rings is 2. The Morgan fingerprint density at radius 2 is 1.66 bits per heavy atom. The fraction of sp³-hybridized carbons (Fsp3) is 0.333. The lowest BCUT2D eigenvalue weighted by Crippen LogP contribution is -2.66. The lowest BCUT2D eigenvalue weighted by Gasteiger charge is -2.35. The summed E-state index contributed by atoms with van der Waals surface area (Å²) in [6.07, 6.45) is -5.77. The summed E-state index contributed by atoms with van der Waals surface area (Å²) in [6, 6.07) is 10.7. The summed E-state index contributed by atoms with van der Waals surface area (Å²) in [5.74, 6) is -2.53. The minimum Gasteiger partial charge on any atom is -0.399 e. The van der Waals surface area contributed by atoms with Crippen molar-refractivity contribution in [1.29, 1.82) is 0 Å². The van der Waals surface area contributed by atoms with Crippen molar-refractivity contribution in [3.8, 4) is 0 Å². The number of carbonyl (C=O) groups excluding carboxylic acids is 2. The van der Waals surface area contributed by atoms with Crippen LogP contribution in [-0.4, -0.2) is 31.8 Å². The van der Waals surface area contributed by atoms with Crippen molar-refractivity contribution in [3.05, 3.63) is 65.4 Å². The van der Waals surface area contributed by atoms with E-state index in [2.05, 4.69) is 0 Å². The van der Waals surface area contributed by atoms with Crippen LogP contribution >= 0.6 is 0 Å². The second kappa shape index (κ2) is 7.92. The zero-order valence-corrected chi connectivity index (χ0v) is 20.0. The largest absolute Gasteiger partial charge is 0.421 e. The van der Waals surface area contributed by atoms with Crippen molar-refractivity contribution in [3.63, 3.8) is 0 Å². The summed E-state index contributed by atoms with van der Waals surface area (Å²) in [5.41, 5.74) is 1.01. The third-order valence-electron chi connectivity index (χ3n) is 6.18. The van der Waals surface area contributed by atoms with Gasteiger partial charge >= 0.3 is 6.18 Å². The highest BCUT2D eigenvalue weighted by atomic mass is 32.2. The van der Waals surface area contributed by atoms with Crippen LogP contribution in [0.2, 0.25) is 0 Å². The van der Waals surface area contributed by atoms with Gasteiger partial charge in [-0.25, -0.2) is 8.42 Å². The standard InChI is InChI=1S/C24H24F3N3O4S/c1-14-5-4-6-16(11-14)30-18-12-22(2,3)13-19(31)20(18)23(21(30)32,24(25,26)27)29-35(33,34)17-9-7-15(28)8-10-17/h4-11,29H,12-13,28H2,1-3H3. The molecule has 2 aliphatic rings. The zero-order chi connectivity index (χ0) is 26.0. The molecule has 2 aromatic rings. The van der Waals surface area contributed by atoms with Crippen LogP contribution in [0.25, 0.3) is 0 Å². The fourth-order valence-electron chi connectivity index (χ4n) is 4.66. The Balaban J connectivity index is 1.99. The first-order valence-corrected chi connectivity index (χ1v) is 12.2. The van der Waals surface area contributed by atoms with Gasteiger partial charge < -0.3 is 5.73 Å². The Morgan fingerprint density at radius 3 is 2.23 bits per heavy atom. The predicted molar refractivity (Wildman–Crippen MR) is 124 cm³/mol. The van der Waals surface area contributed by atoms with Gasteiger partial charge in [0.05, 0.1) is 10.5 Å². The maximum absolute atomic E-state index is 14.9. The fourth-order valence-corrected chi connectivity index (χ4v) is 5.99. The van der Waals surface area contributed by atoms with Crippen LogP contribution in [0, 0.1) is 12.3 Å². The summed E-state index contributed by atoms with van der Waals surface area (Å²) in [4.78, 5) is 27.3. The molecule has 1 heterocycles. The Labute approximate surface area is 200 Å². The number of aryl methyl sites for hydroxylation is 1. The van der Waals surface area contributed by atoms with Gasteiger partial charge in [0.15, 0.2) is 5.78 Å². The molecule has 1 aliphatic carbocycles. The summed E-state index contributed by atoms with van der Waals surface area (Å²) in [6.45, 7) is 5.12. The average Bonchev–Trinajstić information content (AvgIpc) is 2.95. The van der Waals surface area contributed by atoms with E-state index in [0.717, 1.165) is 17.0 Å². The van der Waals surface area contributed by atoms with Crippen molar-refractivity contribution in [2.75, 3.05) is 10.6 Å². The predicted octanol–water partition coefficient (Wildman–Crippen LogP) is 3.85. The van der Waals surface area contributed by atoms with E-state index in [9.17, 15) is 31.2 Å². The minimum atomic E-state index is -5.46. The molecule has 0 radical (unpaired) electrons. The second-order valence-electron chi connectivity index (χ2n) is 9.66. The van der Waals surface area contributed by atoms with Gasteiger partial charge in [-0.3, -0.25) is 14.5 Å². The van der Waals surface area contributed by atoms with Crippen molar-refractivity contribution >= 4 is 33.1 Å². The minimum absolute atomic E-state index is 0.0326. The first-order chi connectivity index (χ1) is 16.1. The lowest BCUT2D eigenvalue weighted by molar-refractivity contribution is -0.184. The molecule has 0 spiro atoms. The molecule has 35 heavy (non-hydrogen) atoms. The molecule has 4 rings (SSSR count). The number of nitrogens with zero attached hydrogens (tertiary/aromatic N) is 1. The normalized spacial score (nSPS) is 22.5. The highest BCUT2D eigenvalue weighted by molar-refractivity contribution is 7.89. The zero-order valence-electron chi connectivity index (χ0n) is 19.2. The van der Waals surface area contributed by atoms with Gasteiger partial charge in [-0.05, 0) is 60.7 Å². The van der Waals surface area contributed by atoms with Gasteiger partial charge in [0.2, 0.25) is 15.6 Å². The monoisotopic (exact) mass is 507 g/mol. The number of rotatable bonds is 4. The van der Waals surface area contributed by atoms with E-state index in [-0.39, 0.29) is 29.9 Å². The average molecular weight is 508 g/mol. The number of nitrogens with one attached hydrogen (secondary N) is 1. The Bertz CT molecular complexity index is 1370. The van der Waals surface area contributed by atoms with Gasteiger partial charge in [-0.1, -0.05) is 26.0 Å². The number of nitrogen functional groups attached to an aromatic ring is 1. The van der Waals surface area contributed by atoms with Gasteiger partial charge in [-0.2, -0.15) is 17.9 Å². The third kappa shape index (κ3) is 4.02. The maximum Gasteiger partial charge on any atom is 0.421 e. The molecule has 186 valence electrons. The number of carbonyl (C=O) groups is 2. The highest BCUT2D eigenvalue weighted by Gasteiger charge is 2.72. The molecule has 1 aliphatic heterocycles. The van der Waals surface area contributed by atoms with E-state index >= 15 is 0 Å². The molecule has 1 amide bonds. The molecule has 0 bridgehead atoms. The Hall–Kier alpha value is -3.18. The van der Waals surface area contributed by atoms with Gasteiger partial charge in [0.1, 0.15) is 0 Å². The number of hydrogen-bond acceptors (Lipinski definition) is 5. The Kier molecular flexibility index (Phi) is 5.64. The van der Waals surface area contributed by atoms with E-state index in [4.69, 9.17) is 5.73 Å². The molecule has 3 N–H and O–H groups in total. The van der Waals surface area contributed by atoms with Crippen LogP contribution in [0.4, 0.5) is 24.5 Å². The van der Waals surface area contributed by atoms with Crippen LogP contribution in [0.1, 0.15) is 32.3 Å². The number of nitrogens with two attached hydrogens (primary N) is 1. The van der Waals surface area contributed by atoms with E-state index < -0.39 is 49.3 Å². The SMILES string of the molecule is Cc1cccc(N2C(=O)C(NS(=O)(=O)c3ccc(N)cc3)(C(F)(F)F)C3=C2CC(C)(C)CC3=O)c1. The number of allylic oxidation sites excluding steroid dienone is 1. The van der Waals surface area contributed by atoms with Crippen LogP contribution in [0.5, 0.6) is 0 Å². The van der Waals surface area contributed by atoms with E-state index in [1.54, 1.807) is 37.6 Å². The number of anilines is 2. The number of amides is 1. The van der Waals surface area contributed by atoms with Crippen LogP contribution < -0.4 is 15.4 Å². The molecule has 2 aromatic carbocycles. The van der Waals surface area contributed by atoms with Crippen LogP contribution in [-0.2, 0) is 19.6 Å². The van der Waals surface area contributed by atoms with Crippen molar-refractivity contribution in [2.24, 2.45) is 5.41 Å². The topological polar surface area (TPSA) is 110 Å². The van der Waals surface area contributed by atoms with Crippen molar-refractivity contribution < 1.29 is 31.2 Å². The molecule has 0 aromatic heterocycles. The molecule has 0 saturated carbocycles. The third-order valence-corrected chi connectivity index (χ3v) is 7.65. The molecule has 0 saturated heterocycles. The smallest absolute Gasteiger partial charge is 0.399 e. The summed E-state index contributed by atoms with van der Waals surface area (Å²) in [5, 5.41) is 0. The molecular weight excluding hydrogens is 483 g/mol. The maximum atomic E-state index is 14.9. The van der Waals surface area contributed by atoms with E-state index in [1.807, 2.05) is 0 Å². The highest BCUT2D eigenvalue weighted by Crippen LogP contribution is 2.53. The molecule has 7 nitrogen and oxygen atoms in total. The van der Waals surface area contributed by atoms with E-state index in [1.165, 1.54) is 24.3 Å². The quantitative estimate of drug-likeness (QED) is 0.611. The van der Waals surface area contributed by atoms with Gasteiger partial charge in [0, 0.05) is 23.5 Å². The Morgan fingerprint density at radius 1 is 1.03 bits per heavy atom. The number of halogens is 3. The second-order valence-corrected chi connectivity index (χ2v) is 11.3. The number of sulfonamides is 1. The van der Waals surface area contributed by atoms with E-state index in [0.29, 0.717) is 5.56 Å². The summed E-state index contributed by atoms with van der Waals surface area (Å²) >= 11 is 0. The number of alkyl halides is 3. The molecule has 0 fully saturated rings. The van der Waals surface area contributed by atoms with Crippen LogP contribution in [0.15, 0.2) is 64.7 Å². The summed E-state index contributed by atoms with van der Waals surface area (Å²) in [7, 11) is -4.91. The molecular formula is C24H24F3N3O4S. The first-order valence-electron chi connectivity index (χ1n) is 10.7. The van der Waals surface area contributed by atoms with Crippen LogP contribution in [0.3, 0.4) is 0 Å². The van der Waals surface area contributed by atoms with Gasteiger partial charge in [0.25, 0.3) is 5.91 Å². The lowest BCUT2D eigenvalue weighted by atomic mass is 9.72. The number of hydrogen-bond donors (Lipinski definition) is 2.